The van der Waals surface area contributed by atoms with Gasteiger partial charge in [-0.1, -0.05) is 31.2 Å². The fraction of sp³-hybridized carbons (Fsp3) is 0.316. The Morgan fingerprint density at radius 1 is 0.963 bits per heavy atom. The third kappa shape index (κ3) is 7.28. The van der Waals surface area contributed by atoms with Crippen LogP contribution in [0.4, 0.5) is 4.79 Å². The molecule has 0 radical (unpaired) electrons. The smallest absolute Gasteiger partial charge is 0.314 e. The number of sulfonamides is 1. The molecule has 0 aromatic heterocycles. The highest BCUT2D eigenvalue weighted by atomic mass is 32.2. The van der Waals surface area contributed by atoms with Gasteiger partial charge < -0.3 is 15.4 Å². The second-order valence-corrected chi connectivity index (χ2v) is 7.53. The Balaban J connectivity index is 1.61. The quantitative estimate of drug-likeness (QED) is 0.566. The summed E-state index contributed by atoms with van der Waals surface area (Å²) in [6.45, 7) is 3.30. The molecule has 146 valence electrons. The van der Waals surface area contributed by atoms with Gasteiger partial charge in [0.05, 0.1) is 11.4 Å². The van der Waals surface area contributed by atoms with Crippen molar-refractivity contribution in [2.45, 2.75) is 24.7 Å². The lowest BCUT2D eigenvalue weighted by Crippen LogP contribution is -2.38. The molecule has 0 saturated carbocycles. The van der Waals surface area contributed by atoms with Gasteiger partial charge in [-0.05, 0) is 48.2 Å². The molecule has 0 heterocycles. The van der Waals surface area contributed by atoms with Crippen LogP contribution < -0.4 is 20.5 Å². The van der Waals surface area contributed by atoms with Crippen molar-refractivity contribution >= 4 is 16.1 Å². The van der Waals surface area contributed by atoms with Crippen LogP contribution in [0.1, 0.15) is 18.1 Å². The molecular weight excluding hydrogens is 366 g/mol. The van der Waals surface area contributed by atoms with E-state index in [4.69, 9.17) is 9.88 Å². The summed E-state index contributed by atoms with van der Waals surface area (Å²) >= 11 is 0. The van der Waals surface area contributed by atoms with Crippen molar-refractivity contribution in [2.75, 3.05) is 19.7 Å². The van der Waals surface area contributed by atoms with E-state index in [1.54, 1.807) is 12.1 Å². The van der Waals surface area contributed by atoms with Crippen LogP contribution in [-0.2, 0) is 22.9 Å². The number of ether oxygens (including phenoxy) is 1. The molecule has 4 N–H and O–H groups in total. The number of amides is 2. The predicted octanol–water partition coefficient (Wildman–Crippen LogP) is 1.82. The molecule has 2 amide bonds. The third-order valence-electron chi connectivity index (χ3n) is 3.94. The molecule has 0 spiro atoms. The largest absolute Gasteiger partial charge is 0.492 e. The summed E-state index contributed by atoms with van der Waals surface area (Å²) in [6, 6.07) is 13.9. The first kappa shape index (κ1) is 20.7. The number of rotatable bonds is 9. The molecule has 0 aliphatic heterocycles. The van der Waals surface area contributed by atoms with Crippen LogP contribution in [0.3, 0.4) is 0 Å². The lowest BCUT2D eigenvalue weighted by atomic mass is 10.1. The number of carbonyl (C=O) groups is 1. The highest BCUT2D eigenvalue weighted by Crippen LogP contribution is 2.12. The Hall–Kier alpha value is -2.58. The standard InChI is InChI=1S/C19H25N3O4S/c1-2-15-3-7-17(8-4-15)26-14-13-22-19(23)21-12-11-16-5-9-18(10-6-16)27(20,24)25/h3-10H,2,11-14H2,1H3,(H2,20,24,25)(H2,21,22,23). The maximum Gasteiger partial charge on any atom is 0.314 e. The number of carbonyl (C=O) groups excluding carboxylic acids is 1. The number of hydrogen-bond donors (Lipinski definition) is 3. The third-order valence-corrected chi connectivity index (χ3v) is 4.87. The maximum atomic E-state index is 11.7. The second-order valence-electron chi connectivity index (χ2n) is 5.97. The minimum absolute atomic E-state index is 0.0706. The van der Waals surface area contributed by atoms with Gasteiger partial charge in [0.15, 0.2) is 0 Å². The van der Waals surface area contributed by atoms with Crippen molar-refractivity contribution in [1.82, 2.24) is 10.6 Å². The van der Waals surface area contributed by atoms with Gasteiger partial charge in [-0.25, -0.2) is 18.4 Å². The monoisotopic (exact) mass is 391 g/mol. The minimum Gasteiger partial charge on any atom is -0.492 e. The maximum absolute atomic E-state index is 11.7. The summed E-state index contributed by atoms with van der Waals surface area (Å²) in [4.78, 5) is 11.8. The van der Waals surface area contributed by atoms with Crippen LogP contribution in [0.2, 0.25) is 0 Å². The highest BCUT2D eigenvalue weighted by molar-refractivity contribution is 7.89. The Labute approximate surface area is 160 Å². The predicted molar refractivity (Wildman–Crippen MR) is 104 cm³/mol. The van der Waals surface area contributed by atoms with Crippen molar-refractivity contribution in [3.8, 4) is 5.75 Å². The zero-order valence-corrected chi connectivity index (χ0v) is 16.1. The first-order valence-corrected chi connectivity index (χ1v) is 10.3. The number of urea groups is 1. The van der Waals surface area contributed by atoms with Crippen LogP contribution in [0.5, 0.6) is 5.75 Å². The zero-order chi connectivity index (χ0) is 19.7. The Morgan fingerprint density at radius 2 is 1.56 bits per heavy atom. The fourth-order valence-corrected chi connectivity index (χ4v) is 2.90. The van der Waals surface area contributed by atoms with E-state index >= 15 is 0 Å². The summed E-state index contributed by atoms with van der Waals surface area (Å²) in [5.74, 6) is 0.775. The van der Waals surface area contributed by atoms with Crippen molar-refractivity contribution in [3.63, 3.8) is 0 Å². The van der Waals surface area contributed by atoms with Gasteiger partial charge in [-0.15, -0.1) is 0 Å². The molecule has 2 aromatic carbocycles. The van der Waals surface area contributed by atoms with Gasteiger partial charge in [0.2, 0.25) is 10.0 Å². The Morgan fingerprint density at radius 3 is 2.15 bits per heavy atom. The number of nitrogens with two attached hydrogens (primary N) is 1. The molecule has 0 aliphatic carbocycles. The Kier molecular flexibility index (Phi) is 7.63. The van der Waals surface area contributed by atoms with Gasteiger partial charge in [0.1, 0.15) is 12.4 Å². The highest BCUT2D eigenvalue weighted by Gasteiger charge is 2.07. The van der Waals surface area contributed by atoms with Crippen LogP contribution in [0, 0.1) is 0 Å². The van der Waals surface area contributed by atoms with E-state index in [0.29, 0.717) is 26.1 Å². The molecule has 27 heavy (non-hydrogen) atoms. The van der Waals surface area contributed by atoms with E-state index in [0.717, 1.165) is 17.7 Å². The van der Waals surface area contributed by atoms with Crippen molar-refractivity contribution in [1.29, 1.82) is 0 Å². The van der Waals surface area contributed by atoms with E-state index in [1.165, 1.54) is 17.7 Å². The minimum atomic E-state index is -3.68. The zero-order valence-electron chi connectivity index (χ0n) is 15.3. The average molecular weight is 391 g/mol. The summed E-state index contributed by atoms with van der Waals surface area (Å²) in [5.41, 5.74) is 2.15. The molecule has 7 nitrogen and oxygen atoms in total. The topological polar surface area (TPSA) is 111 Å². The molecule has 8 heteroatoms. The summed E-state index contributed by atoms with van der Waals surface area (Å²) in [7, 11) is -3.68. The van der Waals surface area contributed by atoms with Crippen LogP contribution in [-0.4, -0.2) is 34.1 Å². The molecule has 2 aromatic rings. The fourth-order valence-electron chi connectivity index (χ4n) is 2.38. The van der Waals surface area contributed by atoms with Crippen LogP contribution in [0.15, 0.2) is 53.4 Å². The average Bonchev–Trinajstić information content (AvgIpc) is 2.65. The van der Waals surface area contributed by atoms with Gasteiger partial charge in [0, 0.05) is 6.54 Å². The van der Waals surface area contributed by atoms with E-state index in [2.05, 4.69) is 17.6 Å². The molecule has 0 aliphatic rings. The van der Waals surface area contributed by atoms with E-state index in [-0.39, 0.29) is 10.9 Å². The number of benzene rings is 2. The molecular formula is C19H25N3O4S. The number of hydrogen-bond acceptors (Lipinski definition) is 4. The van der Waals surface area contributed by atoms with Gasteiger partial charge >= 0.3 is 6.03 Å². The number of nitrogens with one attached hydrogen (secondary N) is 2. The molecule has 2 rings (SSSR count). The van der Waals surface area contributed by atoms with Crippen LogP contribution >= 0.6 is 0 Å². The van der Waals surface area contributed by atoms with Gasteiger partial charge in [0.25, 0.3) is 0 Å². The summed E-state index contributed by atoms with van der Waals surface area (Å²) < 4.78 is 28.0. The number of aryl methyl sites for hydroxylation is 1. The normalized spacial score (nSPS) is 11.0. The lowest BCUT2D eigenvalue weighted by molar-refractivity contribution is 0.236. The first-order valence-electron chi connectivity index (χ1n) is 8.73. The molecule has 0 bridgehead atoms. The van der Waals surface area contributed by atoms with E-state index in [1.807, 2.05) is 24.3 Å². The lowest BCUT2D eigenvalue weighted by Gasteiger charge is -2.09. The van der Waals surface area contributed by atoms with Gasteiger partial charge in [-0.2, -0.15) is 0 Å². The SMILES string of the molecule is CCc1ccc(OCCNC(=O)NCCc2ccc(S(N)(=O)=O)cc2)cc1. The first-order chi connectivity index (χ1) is 12.9. The molecule has 0 atom stereocenters. The molecule has 0 unspecified atom stereocenters. The number of primary sulfonamides is 1. The van der Waals surface area contributed by atoms with Crippen LogP contribution in [0.25, 0.3) is 0 Å². The van der Waals surface area contributed by atoms with E-state index < -0.39 is 10.0 Å². The van der Waals surface area contributed by atoms with Crippen molar-refractivity contribution < 1.29 is 17.9 Å². The van der Waals surface area contributed by atoms with Crippen molar-refractivity contribution in [2.24, 2.45) is 5.14 Å². The van der Waals surface area contributed by atoms with E-state index in [9.17, 15) is 13.2 Å². The molecule has 0 fully saturated rings. The molecule has 0 saturated heterocycles. The van der Waals surface area contributed by atoms with Gasteiger partial charge in [-0.3, -0.25) is 0 Å². The summed E-state index contributed by atoms with van der Waals surface area (Å²) in [5, 5.41) is 10.5. The summed E-state index contributed by atoms with van der Waals surface area (Å²) in [6.07, 6.45) is 1.57. The second kappa shape index (κ2) is 9.94. The van der Waals surface area contributed by atoms with Crippen molar-refractivity contribution in [3.05, 3.63) is 59.7 Å². The Bertz CT molecular complexity index is 834.